The number of carboxylic acid groups (broad SMARTS) is 1. The first kappa shape index (κ1) is 8.08. The van der Waals surface area contributed by atoms with E-state index in [4.69, 9.17) is 17.3 Å². The highest BCUT2D eigenvalue weighted by molar-refractivity contribution is 5.91. The zero-order valence-corrected chi connectivity index (χ0v) is 6.11. The molecule has 1 aromatic rings. The van der Waals surface area contributed by atoms with Crippen LogP contribution in [0.1, 0.15) is 16.2 Å². The maximum Gasteiger partial charge on any atom is 0.356 e. The summed E-state index contributed by atoms with van der Waals surface area (Å²) in [6.07, 6.45) is 5.02. The molecule has 0 fully saturated rings. The van der Waals surface area contributed by atoms with Crippen molar-refractivity contribution < 1.29 is 9.90 Å². The van der Waals surface area contributed by atoms with E-state index in [-0.39, 0.29) is 17.1 Å². The van der Waals surface area contributed by atoms with Crippen LogP contribution in [0.4, 0.5) is 5.69 Å². The quantitative estimate of drug-likeness (QED) is 0.584. The van der Waals surface area contributed by atoms with Crippen molar-refractivity contribution in [2.24, 2.45) is 0 Å². The third-order valence-corrected chi connectivity index (χ3v) is 1.28. The number of carbonyl (C=O) groups is 1. The third-order valence-electron chi connectivity index (χ3n) is 1.28. The Balaban J connectivity index is 3.28. The first-order chi connectivity index (χ1) is 5.65. The summed E-state index contributed by atoms with van der Waals surface area (Å²) in [6.45, 7) is 0. The molecule has 12 heavy (non-hydrogen) atoms. The van der Waals surface area contributed by atoms with Crippen molar-refractivity contribution in [3.8, 4) is 12.3 Å². The topological polar surface area (TPSA) is 76.2 Å². The van der Waals surface area contributed by atoms with Crippen molar-refractivity contribution in [1.29, 1.82) is 0 Å². The van der Waals surface area contributed by atoms with E-state index in [0.29, 0.717) is 0 Å². The second-order valence-electron chi connectivity index (χ2n) is 2.08. The average molecular weight is 162 g/mol. The van der Waals surface area contributed by atoms with E-state index in [1.54, 1.807) is 0 Å². The van der Waals surface area contributed by atoms with Gasteiger partial charge in [0.05, 0.1) is 5.69 Å². The van der Waals surface area contributed by atoms with Crippen LogP contribution in [0.15, 0.2) is 12.1 Å². The van der Waals surface area contributed by atoms with Gasteiger partial charge in [0.1, 0.15) is 5.69 Å². The van der Waals surface area contributed by atoms with Gasteiger partial charge < -0.3 is 10.8 Å². The molecule has 0 aliphatic rings. The lowest BCUT2D eigenvalue weighted by Crippen LogP contribution is -2.06. The smallest absolute Gasteiger partial charge is 0.356 e. The molecule has 1 heterocycles. The summed E-state index contributed by atoms with van der Waals surface area (Å²) in [7, 11) is 0. The Labute approximate surface area is 69.0 Å². The highest BCUT2D eigenvalue weighted by Gasteiger charge is 2.09. The number of nitrogen functional groups attached to an aromatic ring is 1. The highest BCUT2D eigenvalue weighted by Crippen LogP contribution is 2.08. The summed E-state index contributed by atoms with van der Waals surface area (Å²) in [5, 5.41) is 8.57. The normalized spacial score (nSPS) is 8.92. The first-order valence-electron chi connectivity index (χ1n) is 3.11. The molecule has 4 nitrogen and oxygen atoms in total. The Kier molecular flexibility index (Phi) is 1.97. The minimum absolute atomic E-state index is 0.113. The van der Waals surface area contributed by atoms with Crippen molar-refractivity contribution >= 4 is 11.7 Å². The van der Waals surface area contributed by atoms with Crippen molar-refractivity contribution in [2.45, 2.75) is 0 Å². The zero-order valence-electron chi connectivity index (χ0n) is 6.11. The standard InChI is InChI=1S/C8H6N2O2/c1-2-5-3-4-6(9)7(10-5)8(11)12/h1,3-4H,9H2,(H,11,12). The number of terminal acetylenes is 1. The van der Waals surface area contributed by atoms with E-state index in [1.807, 2.05) is 0 Å². The molecule has 0 aromatic carbocycles. The van der Waals surface area contributed by atoms with Gasteiger partial charge in [-0.3, -0.25) is 0 Å². The molecule has 1 rings (SSSR count). The summed E-state index contributed by atoms with van der Waals surface area (Å²) in [6, 6.07) is 2.91. The van der Waals surface area contributed by atoms with E-state index in [0.717, 1.165) is 0 Å². The number of nitrogens with two attached hydrogens (primary N) is 1. The Morgan fingerprint density at radius 3 is 2.83 bits per heavy atom. The average Bonchev–Trinajstić information content (AvgIpc) is 2.05. The van der Waals surface area contributed by atoms with Gasteiger partial charge in [-0.1, -0.05) is 5.92 Å². The van der Waals surface area contributed by atoms with Crippen LogP contribution < -0.4 is 5.73 Å². The molecule has 0 unspecified atom stereocenters. The fraction of sp³-hybridized carbons (Fsp3) is 0. The zero-order chi connectivity index (χ0) is 9.14. The van der Waals surface area contributed by atoms with E-state index < -0.39 is 5.97 Å². The molecule has 0 aliphatic carbocycles. The number of pyridine rings is 1. The van der Waals surface area contributed by atoms with Gasteiger partial charge in [-0.15, -0.1) is 6.42 Å². The van der Waals surface area contributed by atoms with Gasteiger partial charge in [0.25, 0.3) is 0 Å². The summed E-state index contributed by atoms with van der Waals surface area (Å²) in [5.74, 6) is 1.04. The Hall–Kier alpha value is -2.02. The third kappa shape index (κ3) is 1.35. The predicted octanol–water partition coefficient (Wildman–Crippen LogP) is 0.343. The minimum atomic E-state index is -1.18. The summed E-state index contributed by atoms with van der Waals surface area (Å²) >= 11 is 0. The van der Waals surface area contributed by atoms with Crippen molar-refractivity contribution in [3.63, 3.8) is 0 Å². The number of carboxylic acids is 1. The molecule has 1 aromatic heterocycles. The maximum atomic E-state index is 10.5. The van der Waals surface area contributed by atoms with Gasteiger partial charge in [-0.2, -0.15) is 0 Å². The van der Waals surface area contributed by atoms with Crippen LogP contribution >= 0.6 is 0 Å². The molecular formula is C8H6N2O2. The molecule has 0 saturated carbocycles. The molecule has 0 atom stereocenters. The number of aromatic nitrogens is 1. The van der Waals surface area contributed by atoms with Gasteiger partial charge in [0, 0.05) is 0 Å². The Bertz CT molecular complexity index is 366. The van der Waals surface area contributed by atoms with Gasteiger partial charge in [-0.25, -0.2) is 9.78 Å². The summed E-state index contributed by atoms with van der Waals surface area (Å²) < 4.78 is 0. The molecule has 0 saturated heterocycles. The molecule has 0 aliphatic heterocycles. The lowest BCUT2D eigenvalue weighted by atomic mass is 10.2. The maximum absolute atomic E-state index is 10.5. The molecule has 0 amide bonds. The lowest BCUT2D eigenvalue weighted by Gasteiger charge is -1.98. The van der Waals surface area contributed by atoms with Crippen molar-refractivity contribution in [2.75, 3.05) is 5.73 Å². The van der Waals surface area contributed by atoms with E-state index in [2.05, 4.69) is 10.9 Å². The van der Waals surface area contributed by atoms with Gasteiger partial charge in [0.2, 0.25) is 0 Å². The summed E-state index contributed by atoms with van der Waals surface area (Å²) in [4.78, 5) is 14.1. The number of hydrogen-bond acceptors (Lipinski definition) is 3. The number of aromatic carboxylic acids is 1. The fourth-order valence-corrected chi connectivity index (χ4v) is 0.722. The Morgan fingerprint density at radius 2 is 2.33 bits per heavy atom. The monoisotopic (exact) mass is 162 g/mol. The number of rotatable bonds is 1. The lowest BCUT2D eigenvalue weighted by molar-refractivity contribution is 0.0691. The largest absolute Gasteiger partial charge is 0.476 e. The predicted molar refractivity (Wildman–Crippen MR) is 43.5 cm³/mol. The van der Waals surface area contributed by atoms with Crippen LogP contribution in [0.3, 0.4) is 0 Å². The molecule has 0 spiro atoms. The molecule has 0 bridgehead atoms. The van der Waals surface area contributed by atoms with Crippen LogP contribution in [-0.4, -0.2) is 16.1 Å². The van der Waals surface area contributed by atoms with Crippen LogP contribution in [0, 0.1) is 12.3 Å². The fourth-order valence-electron chi connectivity index (χ4n) is 0.722. The van der Waals surface area contributed by atoms with Crippen LogP contribution in [0.5, 0.6) is 0 Å². The number of anilines is 1. The van der Waals surface area contributed by atoms with Crippen LogP contribution in [0.25, 0.3) is 0 Å². The molecule has 0 radical (unpaired) electrons. The minimum Gasteiger partial charge on any atom is -0.476 e. The molecule has 60 valence electrons. The highest BCUT2D eigenvalue weighted by atomic mass is 16.4. The summed E-state index contributed by atoms with van der Waals surface area (Å²) in [5.41, 5.74) is 5.51. The molecular weight excluding hydrogens is 156 g/mol. The second kappa shape index (κ2) is 2.93. The van der Waals surface area contributed by atoms with Crippen LogP contribution in [-0.2, 0) is 0 Å². The van der Waals surface area contributed by atoms with E-state index >= 15 is 0 Å². The van der Waals surface area contributed by atoms with E-state index in [1.165, 1.54) is 12.1 Å². The first-order valence-corrected chi connectivity index (χ1v) is 3.11. The van der Waals surface area contributed by atoms with Crippen molar-refractivity contribution in [3.05, 3.63) is 23.5 Å². The van der Waals surface area contributed by atoms with E-state index in [9.17, 15) is 4.79 Å². The van der Waals surface area contributed by atoms with Gasteiger partial charge >= 0.3 is 5.97 Å². The van der Waals surface area contributed by atoms with Crippen molar-refractivity contribution in [1.82, 2.24) is 4.98 Å². The van der Waals surface area contributed by atoms with Crippen LogP contribution in [0.2, 0.25) is 0 Å². The SMILES string of the molecule is C#Cc1ccc(N)c(C(=O)O)n1. The number of nitrogens with zero attached hydrogens (tertiary/aromatic N) is 1. The van der Waals surface area contributed by atoms with Gasteiger partial charge in [-0.05, 0) is 12.1 Å². The Morgan fingerprint density at radius 1 is 1.67 bits per heavy atom. The molecule has 3 N–H and O–H groups in total. The van der Waals surface area contributed by atoms with Gasteiger partial charge in [0.15, 0.2) is 5.69 Å². The second-order valence-corrected chi connectivity index (χ2v) is 2.08. The molecule has 4 heteroatoms. The number of hydrogen-bond donors (Lipinski definition) is 2.